The minimum Gasteiger partial charge on any atom is -0.468 e. The molecule has 0 saturated heterocycles. The van der Waals surface area contributed by atoms with Gasteiger partial charge in [0.1, 0.15) is 11.4 Å². The predicted molar refractivity (Wildman–Crippen MR) is 76.9 cm³/mol. The molecule has 0 bridgehead atoms. The molecule has 0 aliphatic heterocycles. The van der Waals surface area contributed by atoms with Gasteiger partial charge in [0.05, 0.1) is 12.8 Å². The van der Waals surface area contributed by atoms with E-state index in [0.29, 0.717) is 0 Å². The van der Waals surface area contributed by atoms with Gasteiger partial charge >= 0.3 is 5.97 Å². The molecule has 0 radical (unpaired) electrons. The lowest BCUT2D eigenvalue weighted by molar-refractivity contribution is -0.141. The first kappa shape index (κ1) is 16.7. The van der Waals surface area contributed by atoms with Crippen LogP contribution in [-0.4, -0.2) is 38.4 Å². The number of carbonyl (C=O) groups is 1. The number of nitrogens with two attached hydrogens (primary N) is 1. The van der Waals surface area contributed by atoms with Gasteiger partial charge in [0.2, 0.25) is 10.0 Å². The standard InChI is InChI=1S/C12H17ClN2O4S/c1-8(2)15(7-12(16)19-3)20(17,18)11-6-9(13)4-5-10(11)14/h4-6,8H,7,14H2,1-3H3. The van der Waals surface area contributed by atoms with Gasteiger partial charge in [-0.3, -0.25) is 4.79 Å². The molecule has 8 heteroatoms. The summed E-state index contributed by atoms with van der Waals surface area (Å²) in [7, 11) is -2.74. The van der Waals surface area contributed by atoms with Gasteiger partial charge in [-0.2, -0.15) is 4.31 Å². The quantitative estimate of drug-likeness (QED) is 0.656. The average molecular weight is 321 g/mol. The largest absolute Gasteiger partial charge is 0.468 e. The van der Waals surface area contributed by atoms with Gasteiger partial charge in [-0.1, -0.05) is 11.6 Å². The topological polar surface area (TPSA) is 89.7 Å². The summed E-state index contributed by atoms with van der Waals surface area (Å²) in [5.74, 6) is -0.650. The second-order valence-electron chi connectivity index (χ2n) is 4.40. The summed E-state index contributed by atoms with van der Waals surface area (Å²) in [6.07, 6.45) is 0. The van der Waals surface area contributed by atoms with Gasteiger partial charge in [-0.25, -0.2) is 8.42 Å². The second-order valence-corrected chi connectivity index (χ2v) is 6.70. The van der Waals surface area contributed by atoms with Gasteiger partial charge < -0.3 is 10.5 Å². The summed E-state index contributed by atoms with van der Waals surface area (Å²) in [6, 6.07) is 3.73. The SMILES string of the molecule is COC(=O)CN(C(C)C)S(=O)(=O)c1cc(Cl)ccc1N. The van der Waals surface area contributed by atoms with Gasteiger partial charge in [-0.15, -0.1) is 0 Å². The number of methoxy groups -OCH3 is 1. The smallest absolute Gasteiger partial charge is 0.321 e. The maximum absolute atomic E-state index is 12.6. The molecule has 112 valence electrons. The first-order valence-electron chi connectivity index (χ1n) is 5.83. The van der Waals surface area contributed by atoms with Crippen molar-refractivity contribution in [3.8, 4) is 0 Å². The number of halogens is 1. The Morgan fingerprint density at radius 2 is 2.05 bits per heavy atom. The Morgan fingerprint density at radius 3 is 2.55 bits per heavy atom. The molecule has 0 amide bonds. The fourth-order valence-corrected chi connectivity index (χ4v) is 3.56. The molecule has 20 heavy (non-hydrogen) atoms. The van der Waals surface area contributed by atoms with Gasteiger partial charge in [0, 0.05) is 11.1 Å². The van der Waals surface area contributed by atoms with E-state index in [4.69, 9.17) is 17.3 Å². The van der Waals surface area contributed by atoms with E-state index in [2.05, 4.69) is 4.74 Å². The molecule has 1 aromatic rings. The molecule has 0 aromatic heterocycles. The van der Waals surface area contributed by atoms with E-state index < -0.39 is 22.0 Å². The highest BCUT2D eigenvalue weighted by Gasteiger charge is 2.31. The maximum atomic E-state index is 12.6. The highest BCUT2D eigenvalue weighted by molar-refractivity contribution is 7.89. The Bertz CT molecular complexity index is 601. The highest BCUT2D eigenvalue weighted by atomic mass is 35.5. The van der Waals surface area contributed by atoms with Crippen LogP contribution >= 0.6 is 11.6 Å². The normalized spacial score (nSPS) is 11.9. The van der Waals surface area contributed by atoms with Crippen molar-refractivity contribution in [2.24, 2.45) is 0 Å². The fourth-order valence-electron chi connectivity index (χ4n) is 1.59. The highest BCUT2D eigenvalue weighted by Crippen LogP contribution is 2.26. The lowest BCUT2D eigenvalue weighted by atomic mass is 10.3. The van der Waals surface area contributed by atoms with Crippen molar-refractivity contribution >= 4 is 33.3 Å². The summed E-state index contributed by atoms with van der Waals surface area (Å²) in [5, 5.41) is 0.250. The predicted octanol–water partition coefficient (Wildman–Crippen LogP) is 1.49. The van der Waals surface area contributed by atoms with E-state index in [9.17, 15) is 13.2 Å². The summed E-state index contributed by atoms with van der Waals surface area (Å²) in [6.45, 7) is 2.92. The van der Waals surface area contributed by atoms with Crippen molar-refractivity contribution in [3.63, 3.8) is 0 Å². The molecular formula is C12H17ClN2O4S. The minimum atomic E-state index is -3.94. The number of rotatable bonds is 5. The van der Waals surface area contributed by atoms with Crippen LogP contribution in [0.5, 0.6) is 0 Å². The molecule has 1 rings (SSSR count). The van der Waals surface area contributed by atoms with Crippen molar-refractivity contribution < 1.29 is 17.9 Å². The molecular weight excluding hydrogens is 304 g/mol. The van der Waals surface area contributed by atoms with Crippen LogP contribution in [0, 0.1) is 0 Å². The number of sulfonamides is 1. The van der Waals surface area contributed by atoms with E-state index in [0.717, 1.165) is 4.31 Å². The number of hydrogen-bond donors (Lipinski definition) is 1. The van der Waals surface area contributed by atoms with E-state index in [1.54, 1.807) is 13.8 Å². The van der Waals surface area contributed by atoms with E-state index in [-0.39, 0.29) is 22.2 Å². The third-order valence-corrected chi connectivity index (χ3v) is 4.96. The molecule has 0 aliphatic rings. The summed E-state index contributed by atoms with van der Waals surface area (Å²) < 4.78 is 30.7. The van der Waals surface area contributed by atoms with E-state index in [1.165, 1.54) is 25.3 Å². The van der Waals surface area contributed by atoms with Crippen molar-refractivity contribution in [1.29, 1.82) is 0 Å². The summed E-state index contributed by atoms with van der Waals surface area (Å²) in [5.41, 5.74) is 5.77. The zero-order chi connectivity index (χ0) is 15.5. The number of carbonyl (C=O) groups excluding carboxylic acids is 1. The first-order valence-corrected chi connectivity index (χ1v) is 7.65. The molecule has 0 heterocycles. The monoisotopic (exact) mass is 320 g/mol. The summed E-state index contributed by atoms with van der Waals surface area (Å²) in [4.78, 5) is 11.2. The van der Waals surface area contributed by atoms with Crippen LogP contribution in [0.15, 0.2) is 23.1 Å². The molecule has 0 spiro atoms. The van der Waals surface area contributed by atoms with E-state index in [1.807, 2.05) is 0 Å². The van der Waals surface area contributed by atoms with Crippen molar-refractivity contribution in [1.82, 2.24) is 4.31 Å². The fraction of sp³-hybridized carbons (Fsp3) is 0.417. The van der Waals surface area contributed by atoms with Crippen molar-refractivity contribution in [2.45, 2.75) is 24.8 Å². The molecule has 0 fully saturated rings. The Balaban J connectivity index is 3.30. The molecule has 0 atom stereocenters. The average Bonchev–Trinajstić information content (AvgIpc) is 2.37. The van der Waals surface area contributed by atoms with E-state index >= 15 is 0 Å². The van der Waals surface area contributed by atoms with Gasteiger partial charge in [-0.05, 0) is 32.0 Å². The zero-order valence-electron chi connectivity index (χ0n) is 11.5. The third kappa shape index (κ3) is 3.62. The molecule has 6 nitrogen and oxygen atoms in total. The van der Waals surface area contributed by atoms with Crippen molar-refractivity contribution in [2.75, 3.05) is 19.4 Å². The van der Waals surface area contributed by atoms with Crippen LogP contribution in [0.2, 0.25) is 5.02 Å². The van der Waals surface area contributed by atoms with Crippen LogP contribution in [0.4, 0.5) is 5.69 Å². The van der Waals surface area contributed by atoms with Gasteiger partial charge in [0.25, 0.3) is 0 Å². The Labute approximate surface area is 123 Å². The number of benzene rings is 1. The Hall–Kier alpha value is -1.31. The van der Waals surface area contributed by atoms with Crippen LogP contribution in [0.3, 0.4) is 0 Å². The molecule has 2 N–H and O–H groups in total. The number of ether oxygens (including phenoxy) is 1. The molecule has 0 unspecified atom stereocenters. The maximum Gasteiger partial charge on any atom is 0.321 e. The Morgan fingerprint density at radius 1 is 1.45 bits per heavy atom. The van der Waals surface area contributed by atoms with Crippen molar-refractivity contribution in [3.05, 3.63) is 23.2 Å². The molecule has 1 aromatic carbocycles. The van der Waals surface area contributed by atoms with Crippen LogP contribution in [0.25, 0.3) is 0 Å². The minimum absolute atomic E-state index is 0.0740. The molecule has 0 aliphatic carbocycles. The number of esters is 1. The lowest BCUT2D eigenvalue weighted by Crippen LogP contribution is -2.41. The van der Waals surface area contributed by atoms with Crippen LogP contribution in [-0.2, 0) is 19.6 Å². The second kappa shape index (κ2) is 6.43. The Kier molecular flexibility index (Phi) is 5.38. The third-order valence-electron chi connectivity index (χ3n) is 2.65. The summed E-state index contributed by atoms with van der Waals surface area (Å²) >= 11 is 5.81. The van der Waals surface area contributed by atoms with Gasteiger partial charge in [0.15, 0.2) is 0 Å². The number of anilines is 1. The van der Waals surface area contributed by atoms with Crippen LogP contribution in [0.1, 0.15) is 13.8 Å². The number of nitrogens with zero attached hydrogens (tertiary/aromatic N) is 1. The molecule has 0 saturated carbocycles. The number of hydrogen-bond acceptors (Lipinski definition) is 5. The number of nitrogen functional groups attached to an aromatic ring is 1. The lowest BCUT2D eigenvalue weighted by Gasteiger charge is -2.25. The zero-order valence-corrected chi connectivity index (χ0v) is 13.0. The van der Waals surface area contributed by atoms with Crippen LogP contribution < -0.4 is 5.73 Å². The first-order chi connectivity index (χ1) is 9.20.